The molecular formula is C14H24N2O3. The summed E-state index contributed by atoms with van der Waals surface area (Å²) in [6.07, 6.45) is 4.70. The van der Waals surface area contributed by atoms with Crippen LogP contribution in [0.3, 0.4) is 0 Å². The van der Waals surface area contributed by atoms with Crippen LogP contribution < -0.4 is 5.32 Å². The molecule has 0 saturated carbocycles. The van der Waals surface area contributed by atoms with Crippen molar-refractivity contribution in [1.82, 2.24) is 10.2 Å². The van der Waals surface area contributed by atoms with Crippen molar-refractivity contribution >= 4 is 11.8 Å². The van der Waals surface area contributed by atoms with E-state index in [2.05, 4.69) is 12.2 Å². The number of likely N-dealkylation sites (tertiary alicyclic amines) is 1. The first-order chi connectivity index (χ1) is 9.20. The smallest absolute Gasteiger partial charge is 0.225 e. The lowest BCUT2D eigenvalue weighted by Crippen LogP contribution is -2.37. The molecule has 2 saturated heterocycles. The number of rotatable bonds is 6. The zero-order valence-electron chi connectivity index (χ0n) is 11.7. The normalized spacial score (nSPS) is 27.0. The lowest BCUT2D eigenvalue weighted by Gasteiger charge is -2.16. The van der Waals surface area contributed by atoms with Crippen LogP contribution in [0.1, 0.15) is 39.0 Å². The number of nitrogens with zero attached hydrogens (tertiary/aromatic N) is 1. The highest BCUT2D eigenvalue weighted by Gasteiger charge is 2.34. The molecule has 19 heavy (non-hydrogen) atoms. The van der Waals surface area contributed by atoms with E-state index in [4.69, 9.17) is 4.74 Å². The lowest BCUT2D eigenvalue weighted by molar-refractivity contribution is -0.129. The fourth-order valence-electron chi connectivity index (χ4n) is 2.68. The van der Waals surface area contributed by atoms with Crippen molar-refractivity contribution in [1.29, 1.82) is 0 Å². The van der Waals surface area contributed by atoms with Crippen LogP contribution in [0, 0.1) is 5.92 Å². The van der Waals surface area contributed by atoms with Crippen molar-refractivity contribution in [3.8, 4) is 0 Å². The largest absolute Gasteiger partial charge is 0.376 e. The average Bonchev–Trinajstić information content (AvgIpc) is 3.03. The van der Waals surface area contributed by atoms with Gasteiger partial charge in [-0.15, -0.1) is 0 Å². The van der Waals surface area contributed by atoms with E-state index in [1.165, 1.54) is 0 Å². The van der Waals surface area contributed by atoms with Gasteiger partial charge in [0.2, 0.25) is 11.8 Å². The summed E-state index contributed by atoms with van der Waals surface area (Å²) in [6, 6.07) is 0. The number of unbranched alkanes of at least 4 members (excludes halogenated alkanes) is 1. The van der Waals surface area contributed by atoms with Gasteiger partial charge in [-0.05, 0) is 19.3 Å². The highest BCUT2D eigenvalue weighted by atomic mass is 16.5. The molecule has 0 aromatic heterocycles. The molecule has 2 rings (SSSR count). The molecule has 2 atom stereocenters. The third kappa shape index (κ3) is 3.93. The van der Waals surface area contributed by atoms with Crippen LogP contribution in [-0.4, -0.2) is 49.1 Å². The van der Waals surface area contributed by atoms with Crippen LogP contribution in [-0.2, 0) is 14.3 Å². The number of hydrogen-bond acceptors (Lipinski definition) is 3. The second-order valence-electron chi connectivity index (χ2n) is 5.47. The van der Waals surface area contributed by atoms with E-state index in [9.17, 15) is 9.59 Å². The average molecular weight is 268 g/mol. The molecule has 2 aliphatic heterocycles. The van der Waals surface area contributed by atoms with E-state index in [-0.39, 0.29) is 23.8 Å². The van der Waals surface area contributed by atoms with Gasteiger partial charge in [0.05, 0.1) is 12.0 Å². The number of ether oxygens (including phenoxy) is 1. The number of carbonyl (C=O) groups excluding carboxylic acids is 2. The summed E-state index contributed by atoms with van der Waals surface area (Å²) in [5.74, 6) is -0.0562. The van der Waals surface area contributed by atoms with Crippen LogP contribution in [0.15, 0.2) is 0 Å². The Hall–Kier alpha value is -1.10. The molecule has 1 N–H and O–H groups in total. The predicted octanol–water partition coefficient (Wildman–Crippen LogP) is 0.930. The SMILES string of the molecule is CCCCN1CC(C(=O)NCC2CCCO2)CC1=O. The molecule has 0 aliphatic carbocycles. The molecule has 0 radical (unpaired) electrons. The van der Waals surface area contributed by atoms with Crippen molar-refractivity contribution in [2.24, 2.45) is 5.92 Å². The molecule has 5 nitrogen and oxygen atoms in total. The van der Waals surface area contributed by atoms with Gasteiger partial charge in [0.25, 0.3) is 0 Å². The highest BCUT2D eigenvalue weighted by Crippen LogP contribution is 2.19. The lowest BCUT2D eigenvalue weighted by atomic mass is 10.1. The zero-order chi connectivity index (χ0) is 13.7. The van der Waals surface area contributed by atoms with Crippen LogP contribution in [0.2, 0.25) is 0 Å². The summed E-state index contributed by atoms with van der Waals surface area (Å²) >= 11 is 0. The Morgan fingerprint density at radius 3 is 3.05 bits per heavy atom. The summed E-state index contributed by atoms with van der Waals surface area (Å²) < 4.78 is 5.47. The van der Waals surface area contributed by atoms with Crippen molar-refractivity contribution in [2.45, 2.75) is 45.1 Å². The van der Waals surface area contributed by atoms with E-state index in [1.54, 1.807) is 0 Å². The van der Waals surface area contributed by atoms with E-state index < -0.39 is 0 Å². The summed E-state index contributed by atoms with van der Waals surface area (Å²) in [5.41, 5.74) is 0. The molecule has 0 spiro atoms. The Morgan fingerprint density at radius 2 is 2.37 bits per heavy atom. The van der Waals surface area contributed by atoms with Gasteiger partial charge in [0.15, 0.2) is 0 Å². The molecule has 2 aliphatic rings. The molecule has 2 fully saturated rings. The van der Waals surface area contributed by atoms with Gasteiger partial charge < -0.3 is 15.0 Å². The molecule has 108 valence electrons. The van der Waals surface area contributed by atoms with Gasteiger partial charge in [-0.1, -0.05) is 13.3 Å². The molecule has 2 heterocycles. The minimum atomic E-state index is -0.175. The standard InChI is InChI=1S/C14H24N2O3/c1-2-3-6-16-10-11(8-13(16)17)14(18)15-9-12-5-4-7-19-12/h11-12H,2-10H2,1H3,(H,15,18). The van der Waals surface area contributed by atoms with E-state index in [0.717, 1.165) is 38.8 Å². The number of hydrogen-bond donors (Lipinski definition) is 1. The third-order valence-electron chi connectivity index (χ3n) is 3.89. The van der Waals surface area contributed by atoms with Crippen molar-refractivity contribution in [3.63, 3.8) is 0 Å². The van der Waals surface area contributed by atoms with Gasteiger partial charge >= 0.3 is 0 Å². The Labute approximate surface area is 114 Å². The van der Waals surface area contributed by atoms with Crippen molar-refractivity contribution in [2.75, 3.05) is 26.2 Å². The Morgan fingerprint density at radius 1 is 1.53 bits per heavy atom. The fraction of sp³-hybridized carbons (Fsp3) is 0.857. The summed E-state index contributed by atoms with van der Waals surface area (Å²) in [5, 5.41) is 2.92. The summed E-state index contributed by atoms with van der Waals surface area (Å²) in [7, 11) is 0. The Balaban J connectivity index is 1.72. The highest BCUT2D eigenvalue weighted by molar-refractivity contribution is 5.89. The number of amides is 2. The van der Waals surface area contributed by atoms with E-state index in [1.807, 2.05) is 4.90 Å². The molecule has 0 aromatic rings. The first-order valence-corrected chi connectivity index (χ1v) is 7.37. The van der Waals surface area contributed by atoms with E-state index >= 15 is 0 Å². The number of nitrogens with one attached hydrogen (secondary N) is 1. The summed E-state index contributed by atoms with van der Waals surface area (Å²) in [6.45, 7) is 4.85. The fourth-order valence-corrected chi connectivity index (χ4v) is 2.68. The second kappa shape index (κ2) is 6.89. The monoisotopic (exact) mass is 268 g/mol. The van der Waals surface area contributed by atoms with Crippen LogP contribution in [0.5, 0.6) is 0 Å². The predicted molar refractivity (Wildman–Crippen MR) is 71.6 cm³/mol. The van der Waals surface area contributed by atoms with Gasteiger partial charge in [-0.2, -0.15) is 0 Å². The summed E-state index contributed by atoms with van der Waals surface area (Å²) in [4.78, 5) is 25.6. The van der Waals surface area contributed by atoms with Crippen molar-refractivity contribution in [3.05, 3.63) is 0 Å². The third-order valence-corrected chi connectivity index (χ3v) is 3.89. The zero-order valence-corrected chi connectivity index (χ0v) is 11.7. The molecule has 2 unspecified atom stereocenters. The van der Waals surface area contributed by atoms with Gasteiger partial charge in [-0.3, -0.25) is 9.59 Å². The topological polar surface area (TPSA) is 58.6 Å². The first kappa shape index (κ1) is 14.3. The first-order valence-electron chi connectivity index (χ1n) is 7.37. The maximum atomic E-state index is 12.0. The maximum Gasteiger partial charge on any atom is 0.225 e. The minimum Gasteiger partial charge on any atom is -0.376 e. The second-order valence-corrected chi connectivity index (χ2v) is 5.47. The van der Waals surface area contributed by atoms with Gasteiger partial charge in [-0.25, -0.2) is 0 Å². The quantitative estimate of drug-likeness (QED) is 0.779. The molecule has 5 heteroatoms. The van der Waals surface area contributed by atoms with Crippen LogP contribution in [0.25, 0.3) is 0 Å². The van der Waals surface area contributed by atoms with Gasteiger partial charge in [0.1, 0.15) is 0 Å². The Kier molecular flexibility index (Phi) is 5.19. The number of carbonyl (C=O) groups is 2. The van der Waals surface area contributed by atoms with Crippen molar-refractivity contribution < 1.29 is 14.3 Å². The Bertz CT molecular complexity index is 327. The molecule has 0 bridgehead atoms. The van der Waals surface area contributed by atoms with Crippen LogP contribution in [0.4, 0.5) is 0 Å². The van der Waals surface area contributed by atoms with Crippen LogP contribution >= 0.6 is 0 Å². The molecule has 0 aromatic carbocycles. The van der Waals surface area contributed by atoms with E-state index in [0.29, 0.717) is 19.5 Å². The van der Waals surface area contributed by atoms with Gasteiger partial charge in [0, 0.05) is 32.7 Å². The minimum absolute atomic E-state index is 0.00264. The maximum absolute atomic E-state index is 12.0. The molecule has 2 amide bonds. The molecular weight excluding hydrogens is 244 g/mol.